The summed E-state index contributed by atoms with van der Waals surface area (Å²) in [6, 6.07) is 3.53. The zero-order chi connectivity index (χ0) is 12.5. The van der Waals surface area contributed by atoms with E-state index in [0.717, 1.165) is 5.56 Å². The number of nitrogens with two attached hydrogens (primary N) is 1. The quantitative estimate of drug-likeness (QED) is 0.857. The highest BCUT2D eigenvalue weighted by Gasteiger charge is 2.16. The Balaban J connectivity index is 3.14. The van der Waals surface area contributed by atoms with E-state index in [9.17, 15) is 4.39 Å². The van der Waals surface area contributed by atoms with Gasteiger partial charge in [0.2, 0.25) is 0 Å². The number of hydrogen-bond donors (Lipinski definition) is 1. The molecule has 1 aromatic rings. The minimum absolute atomic E-state index is 0.123. The van der Waals surface area contributed by atoms with Crippen LogP contribution in [0.15, 0.2) is 12.1 Å². The highest BCUT2D eigenvalue weighted by atomic mass is 35.5. The molecule has 0 aliphatic rings. The molecule has 0 atom stereocenters. The van der Waals surface area contributed by atoms with Gasteiger partial charge < -0.3 is 5.73 Å². The molecule has 90 valence electrons. The summed E-state index contributed by atoms with van der Waals surface area (Å²) >= 11 is 5.88. The SMILES string of the molecule is CC(C)c1cc(CC(C)(C)N)cc(Cl)c1F. The molecule has 0 saturated carbocycles. The average molecular weight is 244 g/mol. The van der Waals surface area contributed by atoms with E-state index >= 15 is 0 Å². The van der Waals surface area contributed by atoms with Crippen molar-refractivity contribution in [2.45, 2.75) is 45.6 Å². The van der Waals surface area contributed by atoms with E-state index in [-0.39, 0.29) is 22.3 Å². The fourth-order valence-electron chi connectivity index (χ4n) is 1.72. The Morgan fingerprint density at radius 2 is 1.94 bits per heavy atom. The second kappa shape index (κ2) is 4.72. The summed E-state index contributed by atoms with van der Waals surface area (Å²) < 4.78 is 13.7. The van der Waals surface area contributed by atoms with Gasteiger partial charge in [0.25, 0.3) is 0 Å². The van der Waals surface area contributed by atoms with Gasteiger partial charge in [-0.15, -0.1) is 0 Å². The molecule has 0 aliphatic heterocycles. The summed E-state index contributed by atoms with van der Waals surface area (Å²) in [5.41, 5.74) is 7.28. The highest BCUT2D eigenvalue weighted by molar-refractivity contribution is 6.30. The van der Waals surface area contributed by atoms with Gasteiger partial charge in [-0.25, -0.2) is 4.39 Å². The Bertz CT molecular complexity index is 380. The molecule has 0 amide bonds. The van der Waals surface area contributed by atoms with Gasteiger partial charge in [0.15, 0.2) is 0 Å². The predicted octanol–water partition coefficient (Wildman–Crippen LogP) is 3.88. The van der Waals surface area contributed by atoms with Crippen molar-refractivity contribution in [3.63, 3.8) is 0 Å². The van der Waals surface area contributed by atoms with Crippen LogP contribution in [0.1, 0.15) is 44.7 Å². The highest BCUT2D eigenvalue weighted by Crippen LogP contribution is 2.27. The van der Waals surface area contributed by atoms with Crippen molar-refractivity contribution < 1.29 is 4.39 Å². The largest absolute Gasteiger partial charge is 0.325 e. The summed E-state index contributed by atoms with van der Waals surface area (Å²) in [6.07, 6.45) is 0.687. The van der Waals surface area contributed by atoms with Crippen LogP contribution in [0.25, 0.3) is 0 Å². The second-order valence-corrected chi connectivity index (χ2v) is 5.71. The lowest BCUT2D eigenvalue weighted by Gasteiger charge is -2.20. The summed E-state index contributed by atoms with van der Waals surface area (Å²) in [5.74, 6) is -0.186. The molecule has 0 spiro atoms. The molecule has 0 fully saturated rings. The topological polar surface area (TPSA) is 26.0 Å². The molecule has 0 unspecified atom stereocenters. The molecule has 1 nitrogen and oxygen atoms in total. The number of hydrogen-bond acceptors (Lipinski definition) is 1. The van der Waals surface area contributed by atoms with Gasteiger partial charge >= 0.3 is 0 Å². The van der Waals surface area contributed by atoms with Crippen LogP contribution >= 0.6 is 11.6 Å². The molecule has 0 radical (unpaired) electrons. The average Bonchev–Trinajstić information content (AvgIpc) is 2.07. The van der Waals surface area contributed by atoms with Gasteiger partial charge in [-0.3, -0.25) is 0 Å². The molecule has 0 aliphatic carbocycles. The van der Waals surface area contributed by atoms with Crippen LogP contribution in [0, 0.1) is 5.82 Å². The Labute approximate surface area is 102 Å². The Hall–Kier alpha value is -0.600. The minimum Gasteiger partial charge on any atom is -0.325 e. The van der Waals surface area contributed by atoms with Crippen LogP contribution in [-0.2, 0) is 6.42 Å². The first-order chi connectivity index (χ1) is 7.20. The van der Waals surface area contributed by atoms with E-state index in [4.69, 9.17) is 17.3 Å². The summed E-state index contributed by atoms with van der Waals surface area (Å²) in [5, 5.41) is 0.186. The number of benzene rings is 1. The van der Waals surface area contributed by atoms with Gasteiger partial charge in [-0.2, -0.15) is 0 Å². The molecular formula is C13H19ClFN. The Kier molecular flexibility index (Phi) is 3.97. The fraction of sp³-hybridized carbons (Fsp3) is 0.538. The van der Waals surface area contributed by atoms with Crippen molar-refractivity contribution in [2.75, 3.05) is 0 Å². The Morgan fingerprint density at radius 1 is 1.38 bits per heavy atom. The lowest BCUT2D eigenvalue weighted by Crippen LogP contribution is -2.34. The van der Waals surface area contributed by atoms with Gasteiger partial charge in [-0.05, 0) is 43.4 Å². The van der Waals surface area contributed by atoms with Crippen molar-refractivity contribution in [3.05, 3.63) is 34.1 Å². The summed E-state index contributed by atoms with van der Waals surface area (Å²) in [4.78, 5) is 0. The molecule has 16 heavy (non-hydrogen) atoms. The fourth-order valence-corrected chi connectivity index (χ4v) is 1.97. The van der Waals surface area contributed by atoms with E-state index in [1.807, 2.05) is 33.8 Å². The van der Waals surface area contributed by atoms with Gasteiger partial charge in [-0.1, -0.05) is 31.5 Å². The molecule has 0 saturated heterocycles. The van der Waals surface area contributed by atoms with Crippen LogP contribution in [-0.4, -0.2) is 5.54 Å². The van der Waals surface area contributed by atoms with Gasteiger partial charge in [0.1, 0.15) is 5.82 Å². The summed E-state index contributed by atoms with van der Waals surface area (Å²) in [6.45, 7) is 7.79. The van der Waals surface area contributed by atoms with E-state index < -0.39 is 0 Å². The molecule has 1 aromatic carbocycles. The van der Waals surface area contributed by atoms with Crippen LogP contribution in [0.3, 0.4) is 0 Å². The Morgan fingerprint density at radius 3 is 2.38 bits per heavy atom. The van der Waals surface area contributed by atoms with E-state index in [0.29, 0.717) is 12.0 Å². The predicted molar refractivity (Wildman–Crippen MR) is 67.5 cm³/mol. The molecule has 0 heterocycles. The first kappa shape index (κ1) is 13.5. The van der Waals surface area contributed by atoms with E-state index in [1.54, 1.807) is 6.07 Å². The molecule has 2 N–H and O–H groups in total. The van der Waals surface area contributed by atoms with E-state index in [2.05, 4.69) is 0 Å². The first-order valence-corrected chi connectivity index (χ1v) is 5.85. The van der Waals surface area contributed by atoms with Crippen molar-refractivity contribution in [2.24, 2.45) is 5.73 Å². The first-order valence-electron chi connectivity index (χ1n) is 5.47. The third-order valence-corrected chi connectivity index (χ3v) is 2.67. The number of rotatable bonds is 3. The molecule has 0 bridgehead atoms. The standard InChI is InChI=1S/C13H19ClFN/c1-8(2)10-5-9(7-13(3,4)16)6-11(14)12(10)15/h5-6,8H,7,16H2,1-4H3. The van der Waals surface area contributed by atoms with Crippen molar-refractivity contribution in [1.29, 1.82) is 0 Å². The van der Waals surface area contributed by atoms with Gasteiger partial charge in [0, 0.05) is 5.54 Å². The molecule has 1 rings (SSSR count). The molecule has 3 heteroatoms. The maximum Gasteiger partial charge on any atom is 0.145 e. The number of halogens is 2. The van der Waals surface area contributed by atoms with E-state index in [1.165, 1.54) is 0 Å². The van der Waals surface area contributed by atoms with Crippen LogP contribution in [0.5, 0.6) is 0 Å². The summed E-state index contributed by atoms with van der Waals surface area (Å²) in [7, 11) is 0. The third-order valence-electron chi connectivity index (χ3n) is 2.40. The maximum absolute atomic E-state index is 13.7. The smallest absolute Gasteiger partial charge is 0.145 e. The van der Waals surface area contributed by atoms with Crippen LogP contribution in [0.2, 0.25) is 5.02 Å². The zero-order valence-electron chi connectivity index (χ0n) is 10.3. The normalized spacial score (nSPS) is 12.2. The molecular weight excluding hydrogens is 225 g/mol. The van der Waals surface area contributed by atoms with Crippen LogP contribution < -0.4 is 5.73 Å². The second-order valence-electron chi connectivity index (χ2n) is 5.30. The van der Waals surface area contributed by atoms with Crippen molar-refractivity contribution in [1.82, 2.24) is 0 Å². The molecule has 0 aromatic heterocycles. The van der Waals surface area contributed by atoms with Gasteiger partial charge in [0.05, 0.1) is 5.02 Å². The zero-order valence-corrected chi connectivity index (χ0v) is 11.0. The maximum atomic E-state index is 13.7. The minimum atomic E-state index is -0.310. The van der Waals surface area contributed by atoms with Crippen LogP contribution in [0.4, 0.5) is 4.39 Å². The van der Waals surface area contributed by atoms with Crippen molar-refractivity contribution >= 4 is 11.6 Å². The lowest BCUT2D eigenvalue weighted by molar-refractivity contribution is 0.514. The third kappa shape index (κ3) is 3.46. The monoisotopic (exact) mass is 243 g/mol. The van der Waals surface area contributed by atoms with Crippen molar-refractivity contribution in [3.8, 4) is 0 Å². The lowest BCUT2D eigenvalue weighted by atomic mass is 9.92.